The molecule has 0 aliphatic rings. The largest absolute Gasteiger partial charge is 0.497 e. The van der Waals surface area contributed by atoms with Crippen molar-refractivity contribution in [2.75, 3.05) is 13.7 Å². The fraction of sp³-hybridized carbons (Fsp3) is 0.250. The van der Waals surface area contributed by atoms with E-state index in [-0.39, 0.29) is 18.1 Å². The minimum absolute atomic E-state index is 0.236. The summed E-state index contributed by atoms with van der Waals surface area (Å²) in [6, 6.07) is 9.65. The summed E-state index contributed by atoms with van der Waals surface area (Å²) in [4.78, 5) is 33.6. The Balaban J connectivity index is 1.88. The first-order chi connectivity index (χ1) is 11.5. The molecule has 24 heavy (non-hydrogen) atoms. The van der Waals surface area contributed by atoms with Crippen LogP contribution < -0.4 is 15.6 Å². The SMILES string of the molecule is COc1ccc(CCNC(=O)Cn2cc([N+](=O)[O-])ccc2=O)cc1. The first kappa shape index (κ1) is 17.2. The number of pyridine rings is 1. The van der Waals surface area contributed by atoms with Gasteiger partial charge in [-0.2, -0.15) is 0 Å². The third kappa shape index (κ3) is 4.67. The third-order valence-electron chi connectivity index (χ3n) is 3.39. The molecule has 0 spiro atoms. The van der Waals surface area contributed by atoms with Gasteiger partial charge < -0.3 is 10.1 Å². The lowest BCUT2D eigenvalue weighted by molar-refractivity contribution is -0.385. The number of hydrogen-bond acceptors (Lipinski definition) is 5. The van der Waals surface area contributed by atoms with Crippen LogP contribution in [0.3, 0.4) is 0 Å². The molecular formula is C16H17N3O5. The Morgan fingerprint density at radius 3 is 2.58 bits per heavy atom. The van der Waals surface area contributed by atoms with Crippen LogP contribution in [0.15, 0.2) is 47.4 Å². The Morgan fingerprint density at radius 2 is 1.96 bits per heavy atom. The molecule has 0 saturated carbocycles. The van der Waals surface area contributed by atoms with Crippen molar-refractivity contribution in [2.45, 2.75) is 13.0 Å². The molecule has 1 N–H and O–H groups in total. The Hall–Kier alpha value is -3.16. The van der Waals surface area contributed by atoms with Crippen LogP contribution in [0.5, 0.6) is 5.75 Å². The second kappa shape index (κ2) is 7.91. The molecule has 8 heteroatoms. The zero-order chi connectivity index (χ0) is 17.5. The number of nitro groups is 1. The lowest BCUT2D eigenvalue weighted by Gasteiger charge is -2.08. The van der Waals surface area contributed by atoms with E-state index in [1.165, 1.54) is 0 Å². The predicted octanol–water partition coefficient (Wildman–Crippen LogP) is 1.12. The number of hydrogen-bond donors (Lipinski definition) is 1. The van der Waals surface area contributed by atoms with Crippen LogP contribution in [-0.4, -0.2) is 29.1 Å². The standard InChI is InChI=1S/C16H17N3O5/c1-24-14-5-2-12(3-6-14)8-9-17-15(20)11-18-10-13(19(22)23)4-7-16(18)21/h2-7,10H,8-9,11H2,1H3,(H,17,20). The highest BCUT2D eigenvalue weighted by molar-refractivity contribution is 5.75. The normalized spacial score (nSPS) is 10.2. The van der Waals surface area contributed by atoms with E-state index in [9.17, 15) is 19.7 Å². The van der Waals surface area contributed by atoms with E-state index in [0.717, 1.165) is 34.2 Å². The highest BCUT2D eigenvalue weighted by atomic mass is 16.6. The molecule has 0 aliphatic heterocycles. The van der Waals surface area contributed by atoms with Gasteiger partial charge in [-0.1, -0.05) is 12.1 Å². The Kier molecular flexibility index (Phi) is 5.67. The molecule has 2 rings (SSSR count). The maximum absolute atomic E-state index is 11.9. The molecule has 1 aromatic heterocycles. The molecule has 8 nitrogen and oxygen atoms in total. The summed E-state index contributed by atoms with van der Waals surface area (Å²) in [5.74, 6) is 0.374. The van der Waals surface area contributed by atoms with Gasteiger partial charge in [-0.05, 0) is 24.1 Å². The molecular weight excluding hydrogens is 314 g/mol. The lowest BCUT2D eigenvalue weighted by Crippen LogP contribution is -2.33. The fourth-order valence-electron chi connectivity index (χ4n) is 2.10. The summed E-state index contributed by atoms with van der Waals surface area (Å²) in [7, 11) is 1.59. The maximum atomic E-state index is 11.9. The van der Waals surface area contributed by atoms with Crippen LogP contribution in [-0.2, 0) is 17.8 Å². The van der Waals surface area contributed by atoms with E-state index < -0.39 is 10.5 Å². The third-order valence-corrected chi connectivity index (χ3v) is 3.39. The second-order valence-corrected chi connectivity index (χ2v) is 5.06. The average Bonchev–Trinajstić information content (AvgIpc) is 2.57. The average molecular weight is 331 g/mol. The molecule has 0 bridgehead atoms. The second-order valence-electron chi connectivity index (χ2n) is 5.06. The molecule has 1 aromatic carbocycles. The quantitative estimate of drug-likeness (QED) is 0.605. The van der Waals surface area contributed by atoms with Gasteiger partial charge in [0.15, 0.2) is 0 Å². The molecule has 126 valence electrons. The number of aromatic nitrogens is 1. The highest BCUT2D eigenvalue weighted by Crippen LogP contribution is 2.11. The van der Waals surface area contributed by atoms with Crippen LogP contribution in [0.4, 0.5) is 5.69 Å². The van der Waals surface area contributed by atoms with Gasteiger partial charge >= 0.3 is 0 Å². The molecule has 0 unspecified atom stereocenters. The van der Waals surface area contributed by atoms with E-state index in [4.69, 9.17) is 4.74 Å². The molecule has 0 radical (unpaired) electrons. The number of ether oxygens (including phenoxy) is 1. The van der Waals surface area contributed by atoms with Gasteiger partial charge in [-0.3, -0.25) is 24.3 Å². The number of rotatable bonds is 7. The van der Waals surface area contributed by atoms with E-state index in [0.29, 0.717) is 13.0 Å². The number of benzene rings is 1. The summed E-state index contributed by atoms with van der Waals surface area (Å²) < 4.78 is 6.08. The first-order valence-electron chi connectivity index (χ1n) is 7.24. The van der Waals surface area contributed by atoms with Gasteiger partial charge in [0.25, 0.3) is 11.2 Å². The van der Waals surface area contributed by atoms with Gasteiger partial charge in [0, 0.05) is 18.7 Å². The molecule has 2 aromatic rings. The minimum atomic E-state index is -0.614. The number of amides is 1. The van der Waals surface area contributed by atoms with Gasteiger partial charge in [0.05, 0.1) is 18.2 Å². The molecule has 1 amide bonds. The maximum Gasteiger partial charge on any atom is 0.285 e. The smallest absolute Gasteiger partial charge is 0.285 e. The molecule has 1 heterocycles. The fourth-order valence-corrected chi connectivity index (χ4v) is 2.10. The molecule has 0 fully saturated rings. The van der Waals surface area contributed by atoms with Gasteiger partial charge in [-0.15, -0.1) is 0 Å². The van der Waals surface area contributed by atoms with Gasteiger partial charge in [0.2, 0.25) is 5.91 Å². The Bertz CT molecular complexity index is 783. The topological polar surface area (TPSA) is 103 Å². The summed E-state index contributed by atoms with van der Waals surface area (Å²) in [5, 5.41) is 13.4. The van der Waals surface area contributed by atoms with Crippen molar-refractivity contribution in [1.29, 1.82) is 0 Å². The van der Waals surface area contributed by atoms with Crippen LogP contribution in [0.25, 0.3) is 0 Å². The van der Waals surface area contributed by atoms with E-state index >= 15 is 0 Å². The van der Waals surface area contributed by atoms with E-state index in [1.54, 1.807) is 7.11 Å². The van der Waals surface area contributed by atoms with Crippen molar-refractivity contribution in [3.63, 3.8) is 0 Å². The lowest BCUT2D eigenvalue weighted by atomic mass is 10.1. The summed E-state index contributed by atoms with van der Waals surface area (Å²) >= 11 is 0. The number of carbonyl (C=O) groups excluding carboxylic acids is 1. The van der Waals surface area contributed by atoms with Crippen LogP contribution in [0, 0.1) is 10.1 Å². The van der Waals surface area contributed by atoms with Crippen LogP contribution in [0.2, 0.25) is 0 Å². The van der Waals surface area contributed by atoms with Crippen molar-refractivity contribution in [3.05, 3.63) is 68.6 Å². The monoisotopic (exact) mass is 331 g/mol. The van der Waals surface area contributed by atoms with E-state index in [1.807, 2.05) is 24.3 Å². The molecule has 0 saturated heterocycles. The van der Waals surface area contributed by atoms with Crippen molar-refractivity contribution < 1.29 is 14.5 Å². The molecule has 0 atom stereocenters. The zero-order valence-corrected chi connectivity index (χ0v) is 13.1. The summed E-state index contributed by atoms with van der Waals surface area (Å²) in [5.41, 5.74) is 0.329. The van der Waals surface area contributed by atoms with Crippen molar-refractivity contribution in [1.82, 2.24) is 9.88 Å². The molecule has 0 aliphatic carbocycles. The number of nitrogens with one attached hydrogen (secondary N) is 1. The summed E-state index contributed by atoms with van der Waals surface area (Å²) in [6.45, 7) is 0.137. The van der Waals surface area contributed by atoms with Crippen molar-refractivity contribution in [2.24, 2.45) is 0 Å². The van der Waals surface area contributed by atoms with E-state index in [2.05, 4.69) is 5.32 Å². The highest BCUT2D eigenvalue weighted by Gasteiger charge is 2.10. The van der Waals surface area contributed by atoms with Crippen molar-refractivity contribution in [3.8, 4) is 5.75 Å². The van der Waals surface area contributed by atoms with Crippen LogP contribution >= 0.6 is 0 Å². The number of nitrogens with zero attached hydrogens (tertiary/aromatic N) is 2. The van der Waals surface area contributed by atoms with Gasteiger partial charge in [0.1, 0.15) is 12.3 Å². The number of carbonyl (C=O) groups is 1. The number of methoxy groups -OCH3 is 1. The van der Waals surface area contributed by atoms with Gasteiger partial charge in [-0.25, -0.2) is 0 Å². The predicted molar refractivity (Wildman–Crippen MR) is 87.1 cm³/mol. The Labute approximate surface area is 137 Å². The Morgan fingerprint density at radius 1 is 1.25 bits per heavy atom. The summed E-state index contributed by atoms with van der Waals surface area (Å²) in [6.07, 6.45) is 1.69. The first-order valence-corrected chi connectivity index (χ1v) is 7.24. The minimum Gasteiger partial charge on any atom is -0.497 e. The van der Waals surface area contributed by atoms with Crippen molar-refractivity contribution >= 4 is 11.6 Å². The van der Waals surface area contributed by atoms with Crippen LogP contribution in [0.1, 0.15) is 5.56 Å². The zero-order valence-electron chi connectivity index (χ0n) is 13.1.